The van der Waals surface area contributed by atoms with E-state index in [1.165, 1.54) is 0 Å². The number of hydrogen-bond acceptors (Lipinski definition) is 3. The fourth-order valence-electron chi connectivity index (χ4n) is 1.74. The van der Waals surface area contributed by atoms with E-state index in [2.05, 4.69) is 6.07 Å². The molecule has 106 valence electrons. The smallest absolute Gasteiger partial charge is 0.119 e. The molecule has 2 rings (SSSR count). The second-order valence-corrected chi connectivity index (χ2v) is 4.37. The molecule has 0 saturated carbocycles. The molecule has 0 aliphatic heterocycles. The first-order valence-corrected chi connectivity index (χ1v) is 6.81. The highest BCUT2D eigenvalue weighted by Crippen LogP contribution is 2.11. The lowest BCUT2D eigenvalue weighted by Gasteiger charge is -2.05. The molecule has 0 atom stereocenters. The topological polar surface area (TPSA) is 42.2 Å². The molecule has 0 saturated heterocycles. The molecule has 2 aromatic rings. The zero-order valence-corrected chi connectivity index (χ0v) is 11.7. The quantitative estimate of drug-likeness (QED) is 0.726. The maximum absolute atomic E-state index is 8.69. The van der Waals surface area contributed by atoms with Crippen LogP contribution < -0.4 is 4.74 Å². The third-order valence-electron chi connectivity index (χ3n) is 2.80. The molecule has 0 amide bonds. The van der Waals surface area contributed by atoms with E-state index in [0.29, 0.717) is 25.4 Å². The highest BCUT2D eigenvalue weighted by Gasteiger charge is 1.94. The van der Waals surface area contributed by atoms with E-state index in [4.69, 9.17) is 14.7 Å². The van der Waals surface area contributed by atoms with Gasteiger partial charge in [0, 0.05) is 0 Å². The Bertz CT molecular complexity index is 597. The molecule has 0 aliphatic carbocycles. The predicted molar refractivity (Wildman–Crippen MR) is 82.9 cm³/mol. The fourth-order valence-corrected chi connectivity index (χ4v) is 1.74. The molecule has 0 spiro atoms. The van der Waals surface area contributed by atoms with Crippen molar-refractivity contribution in [1.29, 1.82) is 5.26 Å². The third-order valence-corrected chi connectivity index (χ3v) is 2.80. The van der Waals surface area contributed by atoms with Crippen molar-refractivity contribution in [3.8, 4) is 11.8 Å². The Hall–Kier alpha value is -2.57. The summed E-state index contributed by atoms with van der Waals surface area (Å²) in [6.45, 7) is 1.58. The van der Waals surface area contributed by atoms with E-state index in [0.717, 1.165) is 11.3 Å². The molecule has 3 heteroatoms. The third kappa shape index (κ3) is 5.52. The Kier molecular flexibility index (Phi) is 6.05. The average molecular weight is 279 g/mol. The second-order valence-electron chi connectivity index (χ2n) is 4.37. The molecular weight excluding hydrogens is 262 g/mol. The summed E-state index contributed by atoms with van der Waals surface area (Å²) in [5, 5.41) is 8.69. The molecule has 0 aromatic heterocycles. The van der Waals surface area contributed by atoms with Crippen LogP contribution in [0.3, 0.4) is 0 Å². The summed E-state index contributed by atoms with van der Waals surface area (Å²) in [7, 11) is 0. The van der Waals surface area contributed by atoms with Crippen molar-refractivity contribution in [3.05, 3.63) is 71.8 Å². The van der Waals surface area contributed by atoms with Gasteiger partial charge < -0.3 is 9.47 Å². The van der Waals surface area contributed by atoms with Crippen molar-refractivity contribution in [2.45, 2.75) is 0 Å². The molecule has 21 heavy (non-hydrogen) atoms. The van der Waals surface area contributed by atoms with Crippen molar-refractivity contribution >= 4 is 6.08 Å². The monoisotopic (exact) mass is 279 g/mol. The molecule has 3 nitrogen and oxygen atoms in total. The van der Waals surface area contributed by atoms with Gasteiger partial charge in [-0.05, 0) is 29.8 Å². The number of benzene rings is 2. The lowest BCUT2D eigenvalue weighted by atomic mass is 10.2. The minimum atomic E-state index is 0.491. The Morgan fingerprint density at radius 2 is 1.71 bits per heavy atom. The molecule has 2 aromatic carbocycles. The van der Waals surface area contributed by atoms with Crippen LogP contribution in [0.4, 0.5) is 0 Å². The standard InChI is InChI=1S/C18H17NO2/c19-15-17-8-10-18(11-9-17)21-14-13-20-12-4-7-16-5-2-1-3-6-16/h1-11H,12-14H2/b7-4+. The first-order chi connectivity index (χ1) is 10.4. The number of ether oxygens (including phenoxy) is 2. The van der Waals surface area contributed by atoms with E-state index < -0.39 is 0 Å². The van der Waals surface area contributed by atoms with Crippen molar-refractivity contribution in [2.24, 2.45) is 0 Å². The Morgan fingerprint density at radius 3 is 2.43 bits per heavy atom. The van der Waals surface area contributed by atoms with Gasteiger partial charge in [-0.15, -0.1) is 0 Å². The minimum absolute atomic E-state index is 0.491. The van der Waals surface area contributed by atoms with Gasteiger partial charge in [-0.2, -0.15) is 5.26 Å². The van der Waals surface area contributed by atoms with Crippen molar-refractivity contribution in [1.82, 2.24) is 0 Å². The van der Waals surface area contributed by atoms with Crippen molar-refractivity contribution < 1.29 is 9.47 Å². The van der Waals surface area contributed by atoms with Gasteiger partial charge in [0.1, 0.15) is 12.4 Å². The van der Waals surface area contributed by atoms with Gasteiger partial charge in [0.25, 0.3) is 0 Å². The maximum Gasteiger partial charge on any atom is 0.119 e. The summed E-state index contributed by atoms with van der Waals surface area (Å²) in [5.74, 6) is 0.748. The van der Waals surface area contributed by atoms with Crippen LogP contribution in [0.15, 0.2) is 60.7 Å². The maximum atomic E-state index is 8.69. The summed E-state index contributed by atoms with van der Waals surface area (Å²) in [6, 6.07) is 19.2. The van der Waals surface area contributed by atoms with Crippen molar-refractivity contribution in [2.75, 3.05) is 19.8 Å². The minimum Gasteiger partial charge on any atom is -0.491 e. The predicted octanol–water partition coefficient (Wildman–Crippen LogP) is 3.67. The number of nitrogens with zero attached hydrogens (tertiary/aromatic N) is 1. The molecule has 0 unspecified atom stereocenters. The molecule has 0 N–H and O–H groups in total. The summed E-state index contributed by atoms with van der Waals surface area (Å²) in [4.78, 5) is 0. The molecule has 0 radical (unpaired) electrons. The number of rotatable bonds is 7. The summed E-state index contributed by atoms with van der Waals surface area (Å²) >= 11 is 0. The normalized spacial score (nSPS) is 10.4. The van der Waals surface area contributed by atoms with Crippen LogP contribution >= 0.6 is 0 Å². The van der Waals surface area contributed by atoms with Crippen LogP contribution in [0.25, 0.3) is 6.08 Å². The van der Waals surface area contributed by atoms with Gasteiger partial charge in [0.15, 0.2) is 0 Å². The van der Waals surface area contributed by atoms with Gasteiger partial charge >= 0.3 is 0 Å². The van der Waals surface area contributed by atoms with Crippen LogP contribution in [0, 0.1) is 11.3 Å². The fraction of sp³-hybridized carbons (Fsp3) is 0.167. The average Bonchev–Trinajstić information content (AvgIpc) is 2.55. The lowest BCUT2D eigenvalue weighted by molar-refractivity contribution is 0.121. The highest BCUT2D eigenvalue weighted by molar-refractivity contribution is 5.48. The zero-order valence-electron chi connectivity index (χ0n) is 11.7. The Labute approximate surface area is 125 Å². The highest BCUT2D eigenvalue weighted by atomic mass is 16.5. The van der Waals surface area contributed by atoms with Crippen LogP contribution in [0.2, 0.25) is 0 Å². The van der Waals surface area contributed by atoms with E-state index in [1.807, 2.05) is 42.5 Å². The second kappa shape index (κ2) is 8.57. The summed E-state index contributed by atoms with van der Waals surface area (Å²) in [6.07, 6.45) is 4.01. The molecule has 0 bridgehead atoms. The van der Waals surface area contributed by atoms with Gasteiger partial charge in [0.2, 0.25) is 0 Å². The van der Waals surface area contributed by atoms with E-state index >= 15 is 0 Å². The van der Waals surface area contributed by atoms with Gasteiger partial charge in [-0.1, -0.05) is 42.5 Å². The van der Waals surface area contributed by atoms with Gasteiger partial charge in [-0.25, -0.2) is 0 Å². The van der Waals surface area contributed by atoms with Gasteiger partial charge in [-0.3, -0.25) is 0 Å². The Balaban J connectivity index is 1.60. The molecular formula is C18H17NO2. The van der Waals surface area contributed by atoms with Crippen LogP contribution in [-0.4, -0.2) is 19.8 Å². The first-order valence-electron chi connectivity index (χ1n) is 6.81. The molecule has 0 heterocycles. The van der Waals surface area contributed by atoms with Crippen LogP contribution in [0.1, 0.15) is 11.1 Å². The number of nitriles is 1. The Morgan fingerprint density at radius 1 is 0.952 bits per heavy atom. The number of hydrogen-bond donors (Lipinski definition) is 0. The largest absolute Gasteiger partial charge is 0.491 e. The summed E-state index contributed by atoms with van der Waals surface area (Å²) < 4.78 is 11.0. The van der Waals surface area contributed by atoms with E-state index in [-0.39, 0.29) is 0 Å². The SMILES string of the molecule is N#Cc1ccc(OCCOC/C=C/c2ccccc2)cc1. The van der Waals surface area contributed by atoms with Crippen LogP contribution in [0.5, 0.6) is 5.75 Å². The van der Waals surface area contributed by atoms with Gasteiger partial charge in [0.05, 0.1) is 24.8 Å². The summed E-state index contributed by atoms with van der Waals surface area (Å²) in [5.41, 5.74) is 1.79. The lowest BCUT2D eigenvalue weighted by Crippen LogP contribution is -2.06. The first kappa shape index (κ1) is 14.8. The zero-order chi connectivity index (χ0) is 14.8. The van der Waals surface area contributed by atoms with Crippen LogP contribution in [-0.2, 0) is 4.74 Å². The van der Waals surface area contributed by atoms with Crippen molar-refractivity contribution in [3.63, 3.8) is 0 Å². The van der Waals surface area contributed by atoms with E-state index in [9.17, 15) is 0 Å². The molecule has 0 fully saturated rings. The van der Waals surface area contributed by atoms with E-state index in [1.54, 1.807) is 24.3 Å². The molecule has 0 aliphatic rings.